The Kier molecular flexibility index (Phi) is 5.92. The Morgan fingerprint density at radius 3 is 2.56 bits per heavy atom. The maximum absolute atomic E-state index is 12.7. The van der Waals surface area contributed by atoms with Crippen molar-refractivity contribution >= 4 is 34.1 Å². The molecule has 0 radical (unpaired) electrons. The summed E-state index contributed by atoms with van der Waals surface area (Å²) < 4.78 is 42.8. The average Bonchev–Trinajstić information content (AvgIpc) is 2.59. The molecule has 25 heavy (non-hydrogen) atoms. The molecular formula is C16H14F3N3O2S. The third-order valence-corrected chi connectivity index (χ3v) is 4.01. The Hall–Kier alpha value is -2.68. The van der Waals surface area contributed by atoms with Crippen LogP contribution in [0.15, 0.2) is 58.5 Å². The number of rotatable bonds is 3. The number of nitrogen functional groups attached to an aromatic ring is 1. The van der Waals surface area contributed by atoms with Gasteiger partial charge in [0.1, 0.15) is 0 Å². The molecule has 0 aliphatic rings. The van der Waals surface area contributed by atoms with Gasteiger partial charge in [-0.25, -0.2) is 4.79 Å². The van der Waals surface area contributed by atoms with Crippen LogP contribution in [0, 0.1) is 0 Å². The van der Waals surface area contributed by atoms with E-state index in [-0.39, 0.29) is 10.7 Å². The Labute approximate surface area is 146 Å². The van der Waals surface area contributed by atoms with Crippen LogP contribution in [0.4, 0.5) is 24.5 Å². The molecule has 0 amide bonds. The lowest BCUT2D eigenvalue weighted by atomic mass is 10.2. The summed E-state index contributed by atoms with van der Waals surface area (Å²) in [6, 6.07) is 11.3. The van der Waals surface area contributed by atoms with Gasteiger partial charge < -0.3 is 10.5 Å². The number of carbonyl (C=O) groups excluding carboxylic acids is 1. The maximum Gasteiger partial charge on any atom is 0.416 e. The van der Waals surface area contributed by atoms with Gasteiger partial charge in [0.2, 0.25) is 5.04 Å². The van der Waals surface area contributed by atoms with E-state index < -0.39 is 17.7 Å². The van der Waals surface area contributed by atoms with Crippen LogP contribution in [0.5, 0.6) is 0 Å². The molecule has 0 bridgehead atoms. The molecule has 0 saturated carbocycles. The first-order valence-corrected chi connectivity index (χ1v) is 7.74. The molecular weight excluding hydrogens is 355 g/mol. The average molecular weight is 369 g/mol. The minimum absolute atomic E-state index is 0.0814. The molecule has 0 atom stereocenters. The van der Waals surface area contributed by atoms with E-state index in [1.807, 2.05) is 0 Å². The van der Waals surface area contributed by atoms with Crippen molar-refractivity contribution in [3.63, 3.8) is 0 Å². The standard InChI is InChI=1S/C16H14F3N3O2S/c1-24-15(23)14(25-13-8-3-2-7-12(13)20)22-21-11-6-4-5-10(9-11)16(17,18)19/h2-9,21H,20H2,1H3/b22-14-. The van der Waals surface area contributed by atoms with Crippen molar-refractivity contribution in [2.24, 2.45) is 5.10 Å². The fraction of sp³-hybridized carbons (Fsp3) is 0.125. The summed E-state index contributed by atoms with van der Waals surface area (Å²) in [6.45, 7) is 0. The Morgan fingerprint density at radius 2 is 1.92 bits per heavy atom. The summed E-state index contributed by atoms with van der Waals surface area (Å²) in [4.78, 5) is 12.4. The number of nitrogens with zero attached hydrogens (tertiary/aromatic N) is 1. The Bertz CT molecular complexity index is 794. The normalized spacial score (nSPS) is 11.9. The molecule has 0 saturated heterocycles. The number of benzene rings is 2. The molecule has 132 valence electrons. The van der Waals surface area contributed by atoms with Crippen molar-refractivity contribution in [3.8, 4) is 0 Å². The summed E-state index contributed by atoms with van der Waals surface area (Å²) in [5, 5.41) is 3.76. The van der Waals surface area contributed by atoms with Gasteiger partial charge in [-0.2, -0.15) is 18.3 Å². The lowest BCUT2D eigenvalue weighted by Gasteiger charge is -2.10. The molecule has 0 heterocycles. The van der Waals surface area contributed by atoms with Gasteiger partial charge in [-0.3, -0.25) is 5.43 Å². The van der Waals surface area contributed by atoms with Crippen LogP contribution < -0.4 is 11.2 Å². The number of para-hydroxylation sites is 1. The van der Waals surface area contributed by atoms with E-state index in [2.05, 4.69) is 15.3 Å². The van der Waals surface area contributed by atoms with Crippen molar-refractivity contribution in [3.05, 3.63) is 54.1 Å². The topological polar surface area (TPSA) is 76.7 Å². The SMILES string of the molecule is COC(=O)/C(=N/Nc1cccc(C(F)(F)F)c1)Sc1ccccc1N. The number of nitrogens with one attached hydrogen (secondary N) is 1. The van der Waals surface area contributed by atoms with Crippen LogP contribution in [-0.2, 0) is 15.7 Å². The zero-order valence-electron chi connectivity index (χ0n) is 13.0. The second kappa shape index (κ2) is 7.93. The monoisotopic (exact) mass is 369 g/mol. The molecule has 3 N–H and O–H groups in total. The number of hydrazone groups is 1. The van der Waals surface area contributed by atoms with E-state index in [1.165, 1.54) is 19.2 Å². The number of methoxy groups -OCH3 is 1. The van der Waals surface area contributed by atoms with Crippen molar-refractivity contribution in [1.29, 1.82) is 0 Å². The van der Waals surface area contributed by atoms with Crippen LogP contribution in [0.2, 0.25) is 0 Å². The highest BCUT2D eigenvalue weighted by Crippen LogP contribution is 2.31. The number of carbonyl (C=O) groups is 1. The number of esters is 1. The lowest BCUT2D eigenvalue weighted by molar-refractivity contribution is -0.137. The largest absolute Gasteiger partial charge is 0.464 e. The maximum atomic E-state index is 12.7. The fourth-order valence-corrected chi connectivity index (χ4v) is 2.55. The Morgan fingerprint density at radius 1 is 1.20 bits per heavy atom. The molecule has 0 aliphatic carbocycles. The second-order valence-electron chi connectivity index (χ2n) is 4.74. The van der Waals surface area contributed by atoms with Gasteiger partial charge in [-0.1, -0.05) is 30.0 Å². The highest BCUT2D eigenvalue weighted by molar-refractivity contribution is 8.15. The first-order chi connectivity index (χ1) is 11.8. The molecule has 2 aromatic rings. The molecule has 9 heteroatoms. The summed E-state index contributed by atoms with van der Waals surface area (Å²) >= 11 is 0.943. The highest BCUT2D eigenvalue weighted by Gasteiger charge is 2.30. The number of halogens is 3. The molecule has 0 spiro atoms. The van der Waals surface area contributed by atoms with Crippen molar-refractivity contribution in [2.75, 3.05) is 18.3 Å². The van der Waals surface area contributed by atoms with Gasteiger partial charge in [-0.15, -0.1) is 0 Å². The van der Waals surface area contributed by atoms with Gasteiger partial charge in [0, 0.05) is 10.6 Å². The fourth-order valence-electron chi connectivity index (χ4n) is 1.76. The third kappa shape index (κ3) is 5.15. The highest BCUT2D eigenvalue weighted by atomic mass is 32.2. The molecule has 2 rings (SSSR count). The van der Waals surface area contributed by atoms with Gasteiger partial charge in [0.05, 0.1) is 18.4 Å². The van der Waals surface area contributed by atoms with E-state index in [1.54, 1.807) is 24.3 Å². The summed E-state index contributed by atoms with van der Waals surface area (Å²) in [5.41, 5.74) is 7.94. The number of anilines is 2. The third-order valence-electron chi connectivity index (χ3n) is 2.96. The number of nitrogens with two attached hydrogens (primary N) is 1. The first kappa shape index (κ1) is 18.7. The van der Waals surface area contributed by atoms with Crippen molar-refractivity contribution < 1.29 is 22.7 Å². The predicted octanol–water partition coefficient (Wildman–Crippen LogP) is 3.98. The van der Waals surface area contributed by atoms with Crippen LogP contribution in [-0.4, -0.2) is 18.1 Å². The Balaban J connectivity index is 2.24. The van der Waals surface area contributed by atoms with E-state index in [0.29, 0.717) is 10.6 Å². The van der Waals surface area contributed by atoms with Crippen molar-refractivity contribution in [2.45, 2.75) is 11.1 Å². The quantitative estimate of drug-likeness (QED) is 0.214. The molecule has 2 aromatic carbocycles. The van der Waals surface area contributed by atoms with Crippen LogP contribution in [0.25, 0.3) is 0 Å². The molecule has 0 fully saturated rings. The van der Waals surface area contributed by atoms with Gasteiger partial charge in [0.15, 0.2) is 0 Å². The second-order valence-corrected chi connectivity index (χ2v) is 5.77. The van der Waals surface area contributed by atoms with E-state index >= 15 is 0 Å². The molecule has 5 nitrogen and oxygen atoms in total. The number of hydrogen-bond donors (Lipinski definition) is 2. The number of thioether (sulfide) groups is 1. The van der Waals surface area contributed by atoms with E-state index in [4.69, 9.17) is 5.73 Å². The molecule has 0 aromatic heterocycles. The summed E-state index contributed by atoms with van der Waals surface area (Å²) in [5.74, 6) is -0.743. The van der Waals surface area contributed by atoms with Gasteiger partial charge >= 0.3 is 12.1 Å². The number of alkyl halides is 3. The molecule has 0 unspecified atom stereocenters. The van der Waals surface area contributed by atoms with Gasteiger partial charge in [-0.05, 0) is 30.3 Å². The smallest absolute Gasteiger partial charge is 0.416 e. The van der Waals surface area contributed by atoms with Gasteiger partial charge in [0.25, 0.3) is 0 Å². The van der Waals surface area contributed by atoms with Crippen LogP contribution in [0.1, 0.15) is 5.56 Å². The zero-order valence-corrected chi connectivity index (χ0v) is 13.8. The van der Waals surface area contributed by atoms with E-state index in [0.717, 1.165) is 23.9 Å². The van der Waals surface area contributed by atoms with Crippen LogP contribution in [0.3, 0.4) is 0 Å². The first-order valence-electron chi connectivity index (χ1n) is 6.93. The zero-order chi connectivity index (χ0) is 18.4. The van der Waals surface area contributed by atoms with Crippen LogP contribution >= 0.6 is 11.8 Å². The summed E-state index contributed by atoms with van der Waals surface area (Å²) in [6.07, 6.45) is -4.47. The minimum atomic E-state index is -4.47. The number of ether oxygens (including phenoxy) is 1. The number of hydrogen-bond acceptors (Lipinski definition) is 6. The summed E-state index contributed by atoms with van der Waals surface area (Å²) in [7, 11) is 1.18. The lowest BCUT2D eigenvalue weighted by Crippen LogP contribution is -2.14. The van der Waals surface area contributed by atoms with Crippen molar-refractivity contribution in [1.82, 2.24) is 0 Å². The predicted molar refractivity (Wildman–Crippen MR) is 91.2 cm³/mol. The van der Waals surface area contributed by atoms with E-state index in [9.17, 15) is 18.0 Å². The minimum Gasteiger partial charge on any atom is -0.464 e. The molecule has 0 aliphatic heterocycles.